The molecule has 140 valence electrons. The molecule has 1 N–H and O–H groups in total. The van der Waals surface area contributed by atoms with Crippen LogP contribution < -0.4 is 4.72 Å². The molecule has 26 heavy (non-hydrogen) atoms. The normalized spacial score (nSPS) is 20.8. The van der Waals surface area contributed by atoms with Gasteiger partial charge in [0.25, 0.3) is 15.9 Å². The zero-order valence-corrected chi connectivity index (χ0v) is 16.9. The van der Waals surface area contributed by atoms with E-state index in [0.717, 1.165) is 11.3 Å². The average molecular weight is 393 g/mol. The zero-order valence-electron chi connectivity index (χ0n) is 15.2. The molecule has 0 spiro atoms. The number of para-hydroxylation sites is 1. The first-order valence-electron chi connectivity index (χ1n) is 8.74. The molecule has 2 heterocycles. The van der Waals surface area contributed by atoms with Crippen LogP contribution in [0.25, 0.3) is 0 Å². The predicted octanol–water partition coefficient (Wildman–Crippen LogP) is 3.98. The fourth-order valence-corrected chi connectivity index (χ4v) is 5.87. The van der Waals surface area contributed by atoms with E-state index in [2.05, 4.69) is 18.6 Å². The van der Waals surface area contributed by atoms with Gasteiger partial charge < -0.3 is 4.90 Å². The highest BCUT2D eigenvalue weighted by Crippen LogP contribution is 2.28. The van der Waals surface area contributed by atoms with Gasteiger partial charge >= 0.3 is 0 Å². The average Bonchev–Trinajstić information content (AvgIpc) is 3.01. The quantitative estimate of drug-likeness (QED) is 0.856. The molecule has 0 bridgehead atoms. The van der Waals surface area contributed by atoms with E-state index < -0.39 is 10.0 Å². The first-order chi connectivity index (χ1) is 12.3. The van der Waals surface area contributed by atoms with E-state index in [1.807, 2.05) is 11.8 Å². The SMILES string of the molecule is Cc1ccc(S(=O)(=O)Nc2ccccc2C(=O)N2CC(C)CC(C)C2)s1. The molecule has 0 radical (unpaired) electrons. The lowest BCUT2D eigenvalue weighted by atomic mass is 9.91. The molecule has 1 aromatic heterocycles. The molecule has 1 fully saturated rings. The smallest absolute Gasteiger partial charge is 0.271 e. The molecule has 1 amide bonds. The number of aryl methyl sites for hydroxylation is 1. The minimum Gasteiger partial charge on any atom is -0.338 e. The van der Waals surface area contributed by atoms with Crippen molar-refractivity contribution >= 4 is 33.0 Å². The summed E-state index contributed by atoms with van der Waals surface area (Å²) in [7, 11) is -3.70. The van der Waals surface area contributed by atoms with Gasteiger partial charge in [-0.3, -0.25) is 9.52 Å². The van der Waals surface area contributed by atoms with Gasteiger partial charge in [0.2, 0.25) is 0 Å². The van der Waals surface area contributed by atoms with Crippen LogP contribution >= 0.6 is 11.3 Å². The van der Waals surface area contributed by atoms with Crippen molar-refractivity contribution in [3.63, 3.8) is 0 Å². The highest BCUT2D eigenvalue weighted by Gasteiger charge is 2.28. The summed E-state index contributed by atoms with van der Waals surface area (Å²) in [5, 5.41) is 0. The van der Waals surface area contributed by atoms with Gasteiger partial charge in [-0.1, -0.05) is 26.0 Å². The highest BCUT2D eigenvalue weighted by molar-refractivity contribution is 7.94. The fraction of sp³-hybridized carbons (Fsp3) is 0.421. The van der Waals surface area contributed by atoms with Gasteiger partial charge in [-0.05, 0) is 49.4 Å². The molecule has 1 aromatic carbocycles. The Morgan fingerprint density at radius 1 is 1.12 bits per heavy atom. The number of hydrogen-bond acceptors (Lipinski definition) is 4. The van der Waals surface area contributed by atoms with E-state index in [0.29, 0.717) is 36.2 Å². The van der Waals surface area contributed by atoms with Gasteiger partial charge in [0.1, 0.15) is 4.21 Å². The standard InChI is InChI=1S/C19H24N2O3S2/c1-13-10-14(2)12-21(11-13)19(22)16-6-4-5-7-17(16)20-26(23,24)18-9-8-15(3)25-18/h4-9,13-14,20H,10-12H2,1-3H3. The summed E-state index contributed by atoms with van der Waals surface area (Å²) in [6, 6.07) is 10.2. The number of piperidine rings is 1. The molecular weight excluding hydrogens is 368 g/mol. The molecule has 7 heteroatoms. The summed E-state index contributed by atoms with van der Waals surface area (Å²) < 4.78 is 28.1. The van der Waals surface area contributed by atoms with E-state index in [1.165, 1.54) is 11.3 Å². The number of nitrogens with zero attached hydrogens (tertiary/aromatic N) is 1. The van der Waals surface area contributed by atoms with E-state index in [9.17, 15) is 13.2 Å². The molecule has 0 saturated carbocycles. The Labute approximate surface area is 159 Å². The Kier molecular flexibility index (Phi) is 5.39. The summed E-state index contributed by atoms with van der Waals surface area (Å²) in [5.41, 5.74) is 0.722. The third-order valence-electron chi connectivity index (χ3n) is 4.54. The molecule has 5 nitrogen and oxygen atoms in total. The highest BCUT2D eigenvalue weighted by atomic mass is 32.2. The van der Waals surface area contributed by atoms with Crippen molar-refractivity contribution in [2.45, 2.75) is 31.4 Å². The number of amides is 1. The number of thiophene rings is 1. The lowest BCUT2D eigenvalue weighted by molar-refractivity contribution is 0.0624. The molecular formula is C19H24N2O3S2. The Bertz CT molecular complexity index is 895. The van der Waals surface area contributed by atoms with Crippen LogP contribution in [-0.2, 0) is 10.0 Å². The van der Waals surface area contributed by atoms with Crippen molar-refractivity contribution in [3.8, 4) is 0 Å². The van der Waals surface area contributed by atoms with Gasteiger partial charge in [-0.15, -0.1) is 11.3 Å². The minimum atomic E-state index is -3.70. The maximum absolute atomic E-state index is 13.0. The van der Waals surface area contributed by atoms with Crippen molar-refractivity contribution in [3.05, 3.63) is 46.8 Å². The lowest BCUT2D eigenvalue weighted by Gasteiger charge is -2.35. The number of likely N-dealkylation sites (tertiary alicyclic amines) is 1. The largest absolute Gasteiger partial charge is 0.338 e. The maximum Gasteiger partial charge on any atom is 0.271 e. The zero-order chi connectivity index (χ0) is 18.9. The minimum absolute atomic E-state index is 0.121. The van der Waals surface area contributed by atoms with E-state index >= 15 is 0 Å². The topological polar surface area (TPSA) is 66.5 Å². The van der Waals surface area contributed by atoms with Crippen molar-refractivity contribution in [2.75, 3.05) is 17.8 Å². The van der Waals surface area contributed by atoms with Crippen LogP contribution in [0.4, 0.5) is 5.69 Å². The molecule has 2 aromatic rings. The Morgan fingerprint density at radius 3 is 2.38 bits per heavy atom. The lowest BCUT2D eigenvalue weighted by Crippen LogP contribution is -2.42. The Morgan fingerprint density at radius 2 is 1.77 bits per heavy atom. The molecule has 1 aliphatic heterocycles. The Balaban J connectivity index is 1.87. The monoisotopic (exact) mass is 392 g/mol. The number of carbonyl (C=O) groups excluding carboxylic acids is 1. The van der Waals surface area contributed by atoms with Crippen LogP contribution in [0, 0.1) is 18.8 Å². The van der Waals surface area contributed by atoms with E-state index in [1.54, 1.807) is 36.4 Å². The first kappa shape index (κ1) is 18.9. The number of rotatable bonds is 4. The number of benzene rings is 1. The third kappa shape index (κ3) is 4.10. The van der Waals surface area contributed by atoms with E-state index in [-0.39, 0.29) is 10.1 Å². The second-order valence-electron chi connectivity index (χ2n) is 7.17. The molecule has 2 unspecified atom stereocenters. The molecule has 2 atom stereocenters. The van der Waals surface area contributed by atoms with Crippen LogP contribution in [0.3, 0.4) is 0 Å². The van der Waals surface area contributed by atoms with Crippen molar-refractivity contribution in [2.24, 2.45) is 11.8 Å². The predicted molar refractivity (Wildman–Crippen MR) is 105 cm³/mol. The van der Waals surface area contributed by atoms with Gasteiger partial charge in [0, 0.05) is 18.0 Å². The molecule has 3 rings (SSSR count). The maximum atomic E-state index is 13.0. The van der Waals surface area contributed by atoms with Crippen molar-refractivity contribution in [1.29, 1.82) is 0 Å². The van der Waals surface area contributed by atoms with Crippen molar-refractivity contribution in [1.82, 2.24) is 4.90 Å². The molecule has 1 saturated heterocycles. The van der Waals surface area contributed by atoms with Crippen LogP contribution in [0.5, 0.6) is 0 Å². The van der Waals surface area contributed by atoms with Crippen LogP contribution in [0.2, 0.25) is 0 Å². The molecule has 1 aliphatic rings. The summed E-state index contributed by atoms with van der Waals surface area (Å²) in [6.45, 7) is 7.55. The first-order valence-corrected chi connectivity index (χ1v) is 11.0. The van der Waals surface area contributed by atoms with Gasteiger partial charge in [-0.2, -0.15) is 0 Å². The van der Waals surface area contributed by atoms with E-state index in [4.69, 9.17) is 0 Å². The van der Waals surface area contributed by atoms with Crippen LogP contribution in [0.15, 0.2) is 40.6 Å². The Hall–Kier alpha value is -1.86. The number of anilines is 1. The van der Waals surface area contributed by atoms with Gasteiger partial charge in [0.15, 0.2) is 0 Å². The third-order valence-corrected chi connectivity index (χ3v) is 7.40. The fourth-order valence-electron chi connectivity index (χ4n) is 3.51. The summed E-state index contributed by atoms with van der Waals surface area (Å²) in [6.07, 6.45) is 1.11. The number of sulfonamides is 1. The van der Waals surface area contributed by atoms with Crippen LogP contribution in [-0.4, -0.2) is 32.3 Å². The summed E-state index contributed by atoms with van der Waals surface area (Å²) >= 11 is 1.21. The van der Waals surface area contributed by atoms with Crippen molar-refractivity contribution < 1.29 is 13.2 Å². The number of nitrogens with one attached hydrogen (secondary N) is 1. The van der Waals surface area contributed by atoms with Gasteiger partial charge in [0.05, 0.1) is 11.3 Å². The number of carbonyl (C=O) groups is 1. The van der Waals surface area contributed by atoms with Crippen LogP contribution in [0.1, 0.15) is 35.5 Å². The summed E-state index contributed by atoms with van der Waals surface area (Å²) in [5.74, 6) is 0.769. The van der Waals surface area contributed by atoms with Gasteiger partial charge in [-0.25, -0.2) is 8.42 Å². The second-order valence-corrected chi connectivity index (χ2v) is 10.4. The number of hydrogen-bond donors (Lipinski definition) is 1. The second kappa shape index (κ2) is 7.40. The molecule has 0 aliphatic carbocycles. The summed E-state index contributed by atoms with van der Waals surface area (Å²) in [4.78, 5) is 15.8.